The Hall–Kier alpha value is -1.94. The molecule has 0 amide bonds. The van der Waals surface area contributed by atoms with E-state index in [1.54, 1.807) is 0 Å². The van der Waals surface area contributed by atoms with Crippen LogP contribution in [-0.4, -0.2) is 58.6 Å². The monoisotopic (exact) mass is 330 g/mol. The molecule has 1 aromatic heterocycles. The molecule has 9 nitrogen and oxygen atoms in total. The van der Waals surface area contributed by atoms with Crippen LogP contribution in [-0.2, 0) is 14.3 Å². The summed E-state index contributed by atoms with van der Waals surface area (Å²) in [6.07, 6.45) is -6.10. The Morgan fingerprint density at radius 1 is 1.26 bits per heavy atom. The minimum Gasteiger partial charge on any atom is -0.465 e. The smallest absolute Gasteiger partial charge is 0.302 e. The Balaban J connectivity index is 2.16. The summed E-state index contributed by atoms with van der Waals surface area (Å²) in [6, 6.07) is 1.12. The van der Waals surface area contributed by atoms with E-state index in [9.17, 15) is 24.9 Å². The fourth-order valence-electron chi connectivity index (χ4n) is 2.11. The molecule has 0 aliphatic carbocycles. The Kier molecular flexibility index (Phi) is 5.37. The lowest BCUT2D eigenvalue weighted by Gasteiger charge is -2.39. The SMILES string of the molecule is CC(=O)OCC1OC(Oc2c(C)occc2=O)C(O)C(O)C1O. The fourth-order valence-corrected chi connectivity index (χ4v) is 2.11. The van der Waals surface area contributed by atoms with Crippen molar-refractivity contribution >= 4 is 5.97 Å². The number of hydrogen-bond donors (Lipinski definition) is 3. The molecule has 1 fully saturated rings. The van der Waals surface area contributed by atoms with Gasteiger partial charge in [0.25, 0.3) is 0 Å². The van der Waals surface area contributed by atoms with Crippen molar-refractivity contribution in [3.8, 4) is 5.75 Å². The third kappa shape index (κ3) is 3.88. The van der Waals surface area contributed by atoms with Gasteiger partial charge in [0.1, 0.15) is 36.8 Å². The largest absolute Gasteiger partial charge is 0.465 e. The zero-order chi connectivity index (χ0) is 17.1. The molecule has 2 rings (SSSR count). The van der Waals surface area contributed by atoms with E-state index in [4.69, 9.17) is 18.6 Å². The summed E-state index contributed by atoms with van der Waals surface area (Å²) in [7, 11) is 0. The topological polar surface area (TPSA) is 136 Å². The first-order chi connectivity index (χ1) is 10.8. The van der Waals surface area contributed by atoms with Crippen molar-refractivity contribution < 1.29 is 38.7 Å². The highest BCUT2D eigenvalue weighted by Crippen LogP contribution is 2.24. The van der Waals surface area contributed by atoms with Crippen LogP contribution in [0.2, 0.25) is 0 Å². The lowest BCUT2D eigenvalue weighted by molar-refractivity contribution is -0.278. The van der Waals surface area contributed by atoms with E-state index in [0.717, 1.165) is 6.07 Å². The lowest BCUT2D eigenvalue weighted by Crippen LogP contribution is -2.60. The summed E-state index contributed by atoms with van der Waals surface area (Å²) >= 11 is 0. The summed E-state index contributed by atoms with van der Waals surface area (Å²) in [5.41, 5.74) is -0.498. The molecule has 1 aromatic rings. The summed E-state index contributed by atoms with van der Waals surface area (Å²) in [5.74, 6) is -0.629. The van der Waals surface area contributed by atoms with Crippen molar-refractivity contribution in [2.45, 2.75) is 44.6 Å². The van der Waals surface area contributed by atoms with E-state index in [-0.39, 0.29) is 18.1 Å². The maximum absolute atomic E-state index is 11.8. The van der Waals surface area contributed by atoms with E-state index in [2.05, 4.69) is 0 Å². The number of carbonyl (C=O) groups excluding carboxylic acids is 1. The van der Waals surface area contributed by atoms with E-state index in [0.29, 0.717) is 0 Å². The minimum absolute atomic E-state index is 0.158. The number of aliphatic hydroxyl groups excluding tert-OH is 3. The van der Waals surface area contributed by atoms with Crippen molar-refractivity contribution in [3.63, 3.8) is 0 Å². The first-order valence-corrected chi connectivity index (χ1v) is 6.89. The van der Waals surface area contributed by atoms with E-state index >= 15 is 0 Å². The molecule has 1 saturated heterocycles. The van der Waals surface area contributed by atoms with E-state index in [1.807, 2.05) is 0 Å². The van der Waals surface area contributed by atoms with Crippen LogP contribution in [0.25, 0.3) is 0 Å². The van der Waals surface area contributed by atoms with Gasteiger partial charge in [0.05, 0.1) is 6.26 Å². The molecule has 128 valence electrons. The number of hydrogen-bond acceptors (Lipinski definition) is 9. The van der Waals surface area contributed by atoms with Gasteiger partial charge in [-0.3, -0.25) is 9.59 Å². The van der Waals surface area contributed by atoms with Crippen molar-refractivity contribution in [2.24, 2.45) is 0 Å². The van der Waals surface area contributed by atoms with Crippen molar-refractivity contribution in [2.75, 3.05) is 6.61 Å². The first kappa shape index (κ1) is 17.4. The van der Waals surface area contributed by atoms with Crippen LogP contribution in [0.1, 0.15) is 12.7 Å². The van der Waals surface area contributed by atoms with Gasteiger partial charge in [-0.05, 0) is 6.92 Å². The van der Waals surface area contributed by atoms with Gasteiger partial charge < -0.3 is 33.9 Å². The molecular weight excluding hydrogens is 312 g/mol. The average molecular weight is 330 g/mol. The molecule has 1 aliphatic rings. The maximum Gasteiger partial charge on any atom is 0.302 e. The normalized spacial score (nSPS) is 30.7. The summed E-state index contributed by atoms with van der Waals surface area (Å²) in [6.45, 7) is 2.31. The molecule has 0 spiro atoms. The maximum atomic E-state index is 11.8. The zero-order valence-corrected chi connectivity index (χ0v) is 12.5. The Labute approximate surface area is 131 Å². The van der Waals surface area contributed by atoms with Gasteiger partial charge in [-0.15, -0.1) is 0 Å². The molecule has 0 bridgehead atoms. The van der Waals surface area contributed by atoms with Gasteiger partial charge in [-0.2, -0.15) is 0 Å². The molecule has 23 heavy (non-hydrogen) atoms. The molecule has 2 heterocycles. The molecular formula is C14H18O9. The van der Waals surface area contributed by atoms with Gasteiger partial charge in [-0.1, -0.05) is 0 Å². The fraction of sp³-hybridized carbons (Fsp3) is 0.571. The van der Waals surface area contributed by atoms with Crippen molar-refractivity contribution in [1.82, 2.24) is 0 Å². The molecule has 0 saturated carbocycles. The molecule has 0 radical (unpaired) electrons. The number of rotatable bonds is 4. The van der Waals surface area contributed by atoms with Crippen molar-refractivity contribution in [1.29, 1.82) is 0 Å². The molecule has 5 atom stereocenters. The van der Waals surface area contributed by atoms with Crippen LogP contribution >= 0.6 is 0 Å². The van der Waals surface area contributed by atoms with E-state index < -0.39 is 42.1 Å². The lowest BCUT2D eigenvalue weighted by atomic mass is 9.99. The van der Waals surface area contributed by atoms with Gasteiger partial charge in [0, 0.05) is 13.0 Å². The predicted molar refractivity (Wildman–Crippen MR) is 73.7 cm³/mol. The van der Waals surface area contributed by atoms with Crippen LogP contribution in [0, 0.1) is 6.92 Å². The average Bonchev–Trinajstić information content (AvgIpc) is 2.49. The summed E-state index contributed by atoms with van der Waals surface area (Å²) in [4.78, 5) is 22.6. The summed E-state index contributed by atoms with van der Waals surface area (Å²) < 4.78 is 20.4. The van der Waals surface area contributed by atoms with Gasteiger partial charge in [0.2, 0.25) is 17.5 Å². The van der Waals surface area contributed by atoms with Crippen LogP contribution in [0.4, 0.5) is 0 Å². The third-order valence-electron chi connectivity index (χ3n) is 3.36. The van der Waals surface area contributed by atoms with Gasteiger partial charge in [-0.25, -0.2) is 0 Å². The predicted octanol–water partition coefficient (Wildman–Crippen LogP) is -1.30. The number of esters is 1. The Bertz CT molecular complexity index is 611. The molecule has 3 N–H and O–H groups in total. The molecule has 0 aromatic carbocycles. The van der Waals surface area contributed by atoms with Gasteiger partial charge in [0.15, 0.2) is 0 Å². The second kappa shape index (κ2) is 7.09. The summed E-state index contributed by atoms with van der Waals surface area (Å²) in [5, 5.41) is 29.7. The van der Waals surface area contributed by atoms with Crippen LogP contribution in [0.5, 0.6) is 5.75 Å². The number of ether oxygens (including phenoxy) is 3. The van der Waals surface area contributed by atoms with Gasteiger partial charge >= 0.3 is 5.97 Å². The first-order valence-electron chi connectivity index (χ1n) is 6.89. The van der Waals surface area contributed by atoms with Crippen LogP contribution in [0.3, 0.4) is 0 Å². The molecule has 1 aliphatic heterocycles. The highest BCUT2D eigenvalue weighted by atomic mass is 16.7. The molecule has 5 unspecified atom stereocenters. The van der Waals surface area contributed by atoms with Crippen molar-refractivity contribution in [3.05, 3.63) is 28.3 Å². The Morgan fingerprint density at radius 3 is 2.57 bits per heavy atom. The molecule has 9 heteroatoms. The van der Waals surface area contributed by atoms with E-state index in [1.165, 1.54) is 20.1 Å². The number of aliphatic hydroxyl groups is 3. The Morgan fingerprint density at radius 2 is 1.96 bits per heavy atom. The second-order valence-corrected chi connectivity index (χ2v) is 5.11. The van der Waals surface area contributed by atoms with Crippen LogP contribution in [0.15, 0.2) is 21.5 Å². The standard InChI is InChI=1S/C14H18O9/c1-6-13(8(16)3-4-20-6)23-14-12(19)11(18)10(17)9(22-14)5-21-7(2)15/h3-4,9-12,14,17-19H,5H2,1-2H3. The number of carbonyl (C=O) groups is 1. The second-order valence-electron chi connectivity index (χ2n) is 5.11. The zero-order valence-electron chi connectivity index (χ0n) is 12.5. The highest BCUT2D eigenvalue weighted by Gasteiger charge is 2.45. The number of aryl methyl sites for hydroxylation is 1. The minimum atomic E-state index is -1.61. The highest BCUT2D eigenvalue weighted by molar-refractivity contribution is 5.65. The quantitative estimate of drug-likeness (QED) is 0.575. The third-order valence-corrected chi connectivity index (χ3v) is 3.36. The van der Waals surface area contributed by atoms with Crippen LogP contribution < -0.4 is 10.2 Å².